The van der Waals surface area contributed by atoms with Gasteiger partial charge in [-0.2, -0.15) is 0 Å². The summed E-state index contributed by atoms with van der Waals surface area (Å²) in [6, 6.07) is 18.8. The van der Waals surface area contributed by atoms with Crippen molar-refractivity contribution in [2.75, 3.05) is 7.11 Å². The molecule has 0 atom stereocenters. The summed E-state index contributed by atoms with van der Waals surface area (Å²) in [7, 11) is 1.72. The van der Waals surface area contributed by atoms with Gasteiger partial charge < -0.3 is 4.74 Å². The van der Waals surface area contributed by atoms with Gasteiger partial charge in [-0.3, -0.25) is 0 Å². The largest absolute Gasteiger partial charge is 0.496 e. The third kappa shape index (κ3) is 4.57. The van der Waals surface area contributed by atoms with Gasteiger partial charge in [0.25, 0.3) is 0 Å². The minimum absolute atomic E-state index is 0.667. The van der Waals surface area contributed by atoms with E-state index in [9.17, 15) is 0 Å². The number of hydrogen-bond acceptors (Lipinski definition) is 5. The lowest BCUT2D eigenvalue weighted by atomic mass is 10.0. The van der Waals surface area contributed by atoms with Gasteiger partial charge >= 0.3 is 0 Å². The number of rotatable bonds is 6. The van der Waals surface area contributed by atoms with Crippen molar-refractivity contribution < 1.29 is 4.74 Å². The molecule has 4 rings (SSSR count). The van der Waals surface area contributed by atoms with Crippen LogP contribution in [0.5, 0.6) is 5.75 Å². The van der Waals surface area contributed by atoms with Gasteiger partial charge in [0.05, 0.1) is 22.7 Å². The molecule has 0 saturated carbocycles. The highest BCUT2D eigenvalue weighted by molar-refractivity contribution is 7.15. The molecule has 0 radical (unpaired) electrons. The van der Waals surface area contributed by atoms with Gasteiger partial charge in [0.2, 0.25) is 0 Å². The lowest BCUT2D eigenvalue weighted by Gasteiger charge is -2.11. The van der Waals surface area contributed by atoms with Crippen LogP contribution >= 0.6 is 11.3 Å². The summed E-state index contributed by atoms with van der Waals surface area (Å²) in [5.74, 6) is 1.69. The number of methoxy groups -OCH3 is 1. The Kier molecular flexibility index (Phi) is 5.91. The minimum Gasteiger partial charge on any atom is -0.496 e. The van der Waals surface area contributed by atoms with E-state index in [4.69, 9.17) is 9.72 Å². The maximum atomic E-state index is 5.71. The summed E-state index contributed by atoms with van der Waals surface area (Å²) in [4.78, 5) is 15.2. The Morgan fingerprint density at radius 1 is 0.833 bits per heavy atom. The van der Waals surface area contributed by atoms with Gasteiger partial charge in [-0.15, -0.1) is 11.3 Å². The molecule has 0 fully saturated rings. The van der Waals surface area contributed by atoms with Gasteiger partial charge in [-0.25, -0.2) is 15.0 Å². The van der Waals surface area contributed by atoms with Crippen molar-refractivity contribution in [3.63, 3.8) is 0 Å². The van der Waals surface area contributed by atoms with Crippen molar-refractivity contribution in [3.05, 3.63) is 93.6 Å². The van der Waals surface area contributed by atoms with Gasteiger partial charge in [0, 0.05) is 29.8 Å². The number of hydrogen-bond donors (Lipinski definition) is 0. The first-order chi connectivity index (χ1) is 14.5. The molecule has 0 amide bonds. The lowest BCUT2D eigenvalue weighted by molar-refractivity contribution is 0.416. The number of ether oxygens (including phenoxy) is 1. The summed E-state index contributed by atoms with van der Waals surface area (Å²) < 4.78 is 5.71. The van der Waals surface area contributed by atoms with Crippen LogP contribution in [0.4, 0.5) is 0 Å². The van der Waals surface area contributed by atoms with Gasteiger partial charge in [-0.05, 0) is 50.1 Å². The van der Waals surface area contributed by atoms with Gasteiger partial charge in [-0.1, -0.05) is 36.4 Å². The number of nitrogens with zero attached hydrogens (tertiary/aromatic N) is 3. The van der Waals surface area contributed by atoms with Crippen LogP contribution in [0.15, 0.2) is 54.6 Å². The average Bonchev–Trinajstić information content (AvgIpc) is 3.06. The Balaban J connectivity index is 1.60. The van der Waals surface area contributed by atoms with E-state index in [-0.39, 0.29) is 0 Å². The van der Waals surface area contributed by atoms with E-state index in [2.05, 4.69) is 58.5 Å². The van der Waals surface area contributed by atoms with E-state index in [0.29, 0.717) is 6.42 Å². The van der Waals surface area contributed by atoms with Gasteiger partial charge in [0.15, 0.2) is 0 Å². The molecule has 0 bridgehead atoms. The third-order valence-electron chi connectivity index (χ3n) is 4.96. The van der Waals surface area contributed by atoms with Crippen LogP contribution in [0, 0.1) is 20.8 Å². The predicted molar refractivity (Wildman–Crippen MR) is 122 cm³/mol. The van der Waals surface area contributed by atoms with Crippen molar-refractivity contribution in [3.8, 4) is 16.2 Å². The minimum atomic E-state index is 0.667. The SMILES string of the molecule is COc1cc(Cc2nc(C)cc(Cc3ccccc3)n2)ccc1-c1sc(C)nc1C. The van der Waals surface area contributed by atoms with E-state index >= 15 is 0 Å². The fourth-order valence-electron chi connectivity index (χ4n) is 3.67. The molecule has 2 aromatic carbocycles. The molecule has 5 heteroatoms. The van der Waals surface area contributed by atoms with E-state index in [1.165, 1.54) is 5.56 Å². The number of aromatic nitrogens is 3. The third-order valence-corrected chi connectivity index (χ3v) is 6.06. The van der Waals surface area contributed by atoms with Gasteiger partial charge in [0.1, 0.15) is 11.6 Å². The van der Waals surface area contributed by atoms with Crippen molar-refractivity contribution in [1.82, 2.24) is 15.0 Å². The standard InChI is InChI=1S/C25H25N3OS/c1-16-12-21(13-19-8-6-5-7-9-19)28-24(26-16)15-20-10-11-22(23(14-20)29-4)25-17(2)27-18(3)30-25/h5-12,14H,13,15H2,1-4H3. The smallest absolute Gasteiger partial charge is 0.133 e. The zero-order valence-electron chi connectivity index (χ0n) is 17.8. The average molecular weight is 416 g/mol. The zero-order chi connectivity index (χ0) is 21.1. The van der Waals surface area contributed by atoms with Crippen LogP contribution < -0.4 is 4.74 Å². The second-order valence-corrected chi connectivity index (χ2v) is 8.64. The van der Waals surface area contributed by atoms with E-state index < -0.39 is 0 Å². The molecule has 4 aromatic rings. The molecule has 4 nitrogen and oxygen atoms in total. The van der Waals surface area contributed by atoms with Crippen LogP contribution in [-0.4, -0.2) is 22.1 Å². The molecule has 0 N–H and O–H groups in total. The topological polar surface area (TPSA) is 47.9 Å². The van der Waals surface area contributed by atoms with Crippen molar-refractivity contribution in [2.24, 2.45) is 0 Å². The van der Waals surface area contributed by atoms with Crippen LogP contribution in [0.3, 0.4) is 0 Å². The van der Waals surface area contributed by atoms with Crippen LogP contribution in [-0.2, 0) is 12.8 Å². The monoisotopic (exact) mass is 415 g/mol. The normalized spacial score (nSPS) is 10.9. The highest BCUT2D eigenvalue weighted by Gasteiger charge is 2.14. The summed E-state index contributed by atoms with van der Waals surface area (Å²) in [5.41, 5.74) is 6.54. The van der Waals surface area contributed by atoms with E-state index in [0.717, 1.165) is 56.1 Å². The maximum absolute atomic E-state index is 5.71. The molecule has 0 aliphatic heterocycles. The van der Waals surface area contributed by atoms with Crippen molar-refractivity contribution in [1.29, 1.82) is 0 Å². The Hall–Kier alpha value is -3.05. The molecular weight excluding hydrogens is 390 g/mol. The number of aryl methyl sites for hydroxylation is 3. The maximum Gasteiger partial charge on any atom is 0.133 e. The Labute approximate surface area is 181 Å². The second-order valence-electron chi connectivity index (χ2n) is 7.44. The first kappa shape index (κ1) is 20.2. The zero-order valence-corrected chi connectivity index (χ0v) is 18.6. The van der Waals surface area contributed by atoms with Crippen LogP contribution in [0.25, 0.3) is 10.4 Å². The van der Waals surface area contributed by atoms with Crippen LogP contribution in [0.2, 0.25) is 0 Å². The Morgan fingerprint density at radius 3 is 2.33 bits per heavy atom. The predicted octanol–water partition coefficient (Wildman–Crippen LogP) is 5.72. The highest BCUT2D eigenvalue weighted by atomic mass is 32.1. The molecule has 30 heavy (non-hydrogen) atoms. The van der Waals surface area contributed by atoms with E-state index in [1.54, 1.807) is 18.4 Å². The first-order valence-corrected chi connectivity index (χ1v) is 10.8. The molecule has 2 heterocycles. The second kappa shape index (κ2) is 8.76. The molecule has 0 saturated heterocycles. The Bertz CT molecular complexity index is 1170. The summed E-state index contributed by atoms with van der Waals surface area (Å²) in [6.45, 7) is 6.10. The number of thiazole rings is 1. The van der Waals surface area contributed by atoms with Crippen molar-refractivity contribution >= 4 is 11.3 Å². The summed E-state index contributed by atoms with van der Waals surface area (Å²) >= 11 is 1.70. The lowest BCUT2D eigenvalue weighted by Crippen LogP contribution is -2.03. The Morgan fingerprint density at radius 2 is 1.63 bits per heavy atom. The fourth-order valence-corrected chi connectivity index (χ4v) is 4.62. The van der Waals surface area contributed by atoms with E-state index in [1.807, 2.05) is 26.8 Å². The quantitative estimate of drug-likeness (QED) is 0.404. The fraction of sp³-hybridized carbons (Fsp3) is 0.240. The molecule has 2 aromatic heterocycles. The molecule has 0 spiro atoms. The molecule has 0 aliphatic carbocycles. The molecule has 0 aliphatic rings. The molecular formula is C25H25N3OS. The summed E-state index contributed by atoms with van der Waals surface area (Å²) in [5, 5.41) is 1.06. The molecule has 152 valence electrons. The highest BCUT2D eigenvalue weighted by Crippen LogP contribution is 2.37. The summed E-state index contributed by atoms with van der Waals surface area (Å²) in [6.07, 6.45) is 1.48. The number of benzene rings is 2. The van der Waals surface area contributed by atoms with Crippen LogP contribution in [0.1, 0.15) is 39.0 Å². The first-order valence-electron chi connectivity index (χ1n) is 10.0. The van der Waals surface area contributed by atoms with Crippen molar-refractivity contribution in [2.45, 2.75) is 33.6 Å². The molecule has 0 unspecified atom stereocenters.